The number of allylic oxidation sites excluding steroid dienone is 2. The van der Waals surface area contributed by atoms with Crippen LogP contribution in [-0.2, 0) is 11.8 Å². The summed E-state index contributed by atoms with van der Waals surface area (Å²) < 4.78 is 0. The van der Waals surface area contributed by atoms with Crippen molar-refractivity contribution >= 4 is 17.4 Å². The molecule has 2 aromatic carbocycles. The van der Waals surface area contributed by atoms with E-state index in [-0.39, 0.29) is 11.2 Å². The fraction of sp³-hybridized carbons (Fsp3) is 0.286. The van der Waals surface area contributed by atoms with Gasteiger partial charge in [0, 0.05) is 16.0 Å². The summed E-state index contributed by atoms with van der Waals surface area (Å²) >= 11 is 6.05. The molecule has 2 heteroatoms. The van der Waals surface area contributed by atoms with Crippen LogP contribution in [0.4, 0.5) is 0 Å². The van der Waals surface area contributed by atoms with Crippen molar-refractivity contribution in [3.63, 3.8) is 0 Å². The number of carbonyl (C=O) groups excluding carboxylic acids is 1. The van der Waals surface area contributed by atoms with Gasteiger partial charge in [-0.3, -0.25) is 4.79 Å². The molecule has 118 valence electrons. The fourth-order valence-electron chi connectivity index (χ4n) is 3.42. The Labute approximate surface area is 143 Å². The predicted molar refractivity (Wildman–Crippen MR) is 96.3 cm³/mol. The molecule has 0 radical (unpaired) electrons. The lowest BCUT2D eigenvalue weighted by Gasteiger charge is -2.34. The summed E-state index contributed by atoms with van der Waals surface area (Å²) in [5.41, 5.74) is 3.37. The molecule has 1 aliphatic rings. The molecule has 0 N–H and O–H groups in total. The lowest BCUT2D eigenvalue weighted by molar-refractivity contribution is 0.101. The number of carbonyl (C=O) groups is 1. The summed E-state index contributed by atoms with van der Waals surface area (Å²) in [6, 6.07) is 16.2. The average molecular weight is 325 g/mol. The first-order valence-corrected chi connectivity index (χ1v) is 8.50. The topological polar surface area (TPSA) is 17.1 Å². The average Bonchev–Trinajstić information content (AvgIpc) is 2.57. The van der Waals surface area contributed by atoms with Crippen molar-refractivity contribution in [3.8, 4) is 0 Å². The van der Waals surface area contributed by atoms with Crippen molar-refractivity contribution in [3.05, 3.63) is 82.4 Å². The number of ketones is 1. The molecule has 1 nitrogen and oxygen atoms in total. The van der Waals surface area contributed by atoms with Crippen LogP contribution in [0.1, 0.15) is 47.7 Å². The smallest absolute Gasteiger partial charge is 0.159 e. The van der Waals surface area contributed by atoms with Crippen LogP contribution in [0.2, 0.25) is 5.02 Å². The van der Waals surface area contributed by atoms with Gasteiger partial charge in [0.2, 0.25) is 0 Å². The lowest BCUT2D eigenvalue weighted by Crippen LogP contribution is -2.28. The summed E-state index contributed by atoms with van der Waals surface area (Å²) in [5, 5.41) is 0.773. The molecule has 0 aromatic heterocycles. The number of hydrogen-bond donors (Lipinski definition) is 0. The van der Waals surface area contributed by atoms with Gasteiger partial charge in [-0.05, 0) is 55.9 Å². The third-order valence-electron chi connectivity index (χ3n) is 4.73. The second-order valence-corrected chi connectivity index (χ2v) is 6.82. The molecule has 0 saturated heterocycles. The third-order valence-corrected chi connectivity index (χ3v) is 4.98. The molecule has 0 saturated carbocycles. The Hall–Kier alpha value is -1.86. The molecule has 3 rings (SSSR count). The number of halogens is 1. The van der Waals surface area contributed by atoms with Gasteiger partial charge in [-0.2, -0.15) is 0 Å². The zero-order valence-electron chi connectivity index (χ0n) is 13.4. The maximum Gasteiger partial charge on any atom is 0.159 e. The molecule has 2 aromatic rings. The maximum absolute atomic E-state index is 11.4. The van der Waals surface area contributed by atoms with Crippen LogP contribution in [0.3, 0.4) is 0 Å². The van der Waals surface area contributed by atoms with Crippen LogP contribution in [-0.4, -0.2) is 5.78 Å². The van der Waals surface area contributed by atoms with Crippen LogP contribution < -0.4 is 0 Å². The van der Waals surface area contributed by atoms with Crippen molar-refractivity contribution < 1.29 is 4.79 Å². The fourth-order valence-corrected chi connectivity index (χ4v) is 3.55. The molecule has 0 heterocycles. The summed E-state index contributed by atoms with van der Waals surface area (Å²) in [7, 11) is 0. The van der Waals surface area contributed by atoms with Gasteiger partial charge < -0.3 is 0 Å². The monoisotopic (exact) mass is 324 g/mol. The van der Waals surface area contributed by atoms with Gasteiger partial charge in [0.1, 0.15) is 0 Å². The number of hydrogen-bond acceptors (Lipinski definition) is 1. The van der Waals surface area contributed by atoms with Crippen molar-refractivity contribution in [2.45, 2.75) is 38.0 Å². The van der Waals surface area contributed by atoms with Crippen LogP contribution in [0.5, 0.6) is 0 Å². The molecule has 1 unspecified atom stereocenters. The Morgan fingerprint density at radius 2 is 1.78 bits per heavy atom. The Bertz CT molecular complexity index is 713. The molecule has 0 aliphatic heterocycles. The molecule has 1 aliphatic carbocycles. The highest BCUT2D eigenvalue weighted by Gasteiger charge is 2.30. The minimum Gasteiger partial charge on any atom is -0.295 e. The first kappa shape index (κ1) is 16.0. The van der Waals surface area contributed by atoms with E-state index >= 15 is 0 Å². The summed E-state index contributed by atoms with van der Waals surface area (Å²) in [5.74, 6) is 0.113. The number of benzene rings is 2. The Balaban J connectivity index is 1.93. The zero-order valence-corrected chi connectivity index (χ0v) is 14.1. The van der Waals surface area contributed by atoms with E-state index in [1.807, 2.05) is 24.3 Å². The van der Waals surface area contributed by atoms with Crippen LogP contribution in [0.15, 0.2) is 60.7 Å². The lowest BCUT2D eigenvalue weighted by atomic mass is 9.70. The maximum atomic E-state index is 11.4. The summed E-state index contributed by atoms with van der Waals surface area (Å²) in [4.78, 5) is 11.4. The van der Waals surface area contributed by atoms with E-state index in [1.54, 1.807) is 6.92 Å². The zero-order chi connectivity index (χ0) is 16.3. The van der Waals surface area contributed by atoms with Gasteiger partial charge in [-0.15, -0.1) is 0 Å². The van der Waals surface area contributed by atoms with Gasteiger partial charge >= 0.3 is 0 Å². The molecule has 0 fully saturated rings. The van der Waals surface area contributed by atoms with Crippen molar-refractivity contribution in [1.29, 1.82) is 0 Å². The quantitative estimate of drug-likeness (QED) is 0.516. The SMILES string of the molecule is CC(=O)c1ccc(CC2(c3ccc(Cl)cc3)C=CCCC2)cc1. The van der Waals surface area contributed by atoms with E-state index in [0.717, 1.165) is 29.8 Å². The van der Waals surface area contributed by atoms with Gasteiger partial charge in [0.15, 0.2) is 5.78 Å². The van der Waals surface area contributed by atoms with E-state index in [1.165, 1.54) is 17.5 Å². The predicted octanol–water partition coefficient (Wildman–Crippen LogP) is 5.76. The Morgan fingerprint density at radius 1 is 1.09 bits per heavy atom. The number of rotatable bonds is 4. The third kappa shape index (κ3) is 3.56. The van der Waals surface area contributed by atoms with E-state index in [9.17, 15) is 4.79 Å². The standard InChI is InChI=1S/C21H21ClO/c1-16(23)18-7-5-17(6-8-18)15-21(13-3-2-4-14-21)19-9-11-20(22)12-10-19/h3,5-13H,2,4,14-15H2,1H3. The molecule has 1 atom stereocenters. The van der Waals surface area contributed by atoms with Crippen LogP contribution in [0.25, 0.3) is 0 Å². The second kappa shape index (κ2) is 6.72. The van der Waals surface area contributed by atoms with Gasteiger partial charge in [0.05, 0.1) is 0 Å². The molecule has 0 amide bonds. The molecular weight excluding hydrogens is 304 g/mol. The highest BCUT2D eigenvalue weighted by molar-refractivity contribution is 6.30. The molecule has 23 heavy (non-hydrogen) atoms. The van der Waals surface area contributed by atoms with Gasteiger partial charge in [-0.25, -0.2) is 0 Å². The van der Waals surface area contributed by atoms with Gasteiger partial charge in [0.25, 0.3) is 0 Å². The first-order chi connectivity index (χ1) is 11.1. The van der Waals surface area contributed by atoms with Gasteiger partial charge in [-0.1, -0.05) is 60.2 Å². The summed E-state index contributed by atoms with van der Waals surface area (Å²) in [6.07, 6.45) is 9.09. The highest BCUT2D eigenvalue weighted by Crippen LogP contribution is 2.38. The first-order valence-electron chi connectivity index (χ1n) is 8.13. The van der Waals surface area contributed by atoms with Crippen LogP contribution >= 0.6 is 11.6 Å². The normalized spacial score (nSPS) is 20.4. The van der Waals surface area contributed by atoms with E-state index in [2.05, 4.69) is 36.4 Å². The van der Waals surface area contributed by atoms with E-state index < -0.39 is 0 Å². The number of Topliss-reactive ketones (excluding diaryl/α,β-unsaturated/α-hetero) is 1. The van der Waals surface area contributed by atoms with Crippen molar-refractivity contribution in [2.24, 2.45) is 0 Å². The van der Waals surface area contributed by atoms with E-state index in [0.29, 0.717) is 0 Å². The highest BCUT2D eigenvalue weighted by atomic mass is 35.5. The minimum absolute atomic E-state index is 0.0284. The van der Waals surface area contributed by atoms with Crippen molar-refractivity contribution in [2.75, 3.05) is 0 Å². The summed E-state index contributed by atoms with van der Waals surface area (Å²) in [6.45, 7) is 1.61. The largest absolute Gasteiger partial charge is 0.295 e. The molecule has 0 spiro atoms. The Kier molecular flexibility index (Phi) is 4.68. The van der Waals surface area contributed by atoms with E-state index in [4.69, 9.17) is 11.6 Å². The Morgan fingerprint density at radius 3 is 2.35 bits per heavy atom. The minimum atomic E-state index is 0.0284. The van der Waals surface area contributed by atoms with Crippen molar-refractivity contribution in [1.82, 2.24) is 0 Å². The molecular formula is C21H21ClO. The second-order valence-electron chi connectivity index (χ2n) is 6.39. The van der Waals surface area contributed by atoms with Crippen LogP contribution in [0, 0.1) is 0 Å². The molecule has 0 bridgehead atoms.